The zero-order valence-electron chi connectivity index (χ0n) is 8.31. The molecule has 2 rings (SSSR count). The van der Waals surface area contributed by atoms with Crippen LogP contribution in [0.5, 0.6) is 0 Å². The summed E-state index contributed by atoms with van der Waals surface area (Å²) in [5.41, 5.74) is -0.371. The molecule has 1 aliphatic heterocycles. The molecule has 15 heavy (non-hydrogen) atoms. The van der Waals surface area contributed by atoms with Crippen molar-refractivity contribution in [2.75, 3.05) is 6.54 Å². The predicted octanol–water partition coefficient (Wildman–Crippen LogP) is 1.74. The van der Waals surface area contributed by atoms with Crippen LogP contribution in [-0.2, 0) is 10.2 Å². The Bertz CT molecular complexity index is 419. The van der Waals surface area contributed by atoms with Gasteiger partial charge in [0.25, 0.3) is 0 Å². The van der Waals surface area contributed by atoms with Gasteiger partial charge in [-0.2, -0.15) is 0 Å². The molecule has 1 aromatic carbocycles. The number of nitrogens with one attached hydrogen (secondary N) is 1. The van der Waals surface area contributed by atoms with Crippen molar-refractivity contribution in [3.63, 3.8) is 0 Å². The van der Waals surface area contributed by atoms with Crippen molar-refractivity contribution in [2.45, 2.75) is 18.8 Å². The van der Waals surface area contributed by atoms with Gasteiger partial charge in [-0.15, -0.1) is 0 Å². The number of rotatable bonds is 1. The number of halogens is 2. The Kier molecular flexibility index (Phi) is 2.21. The zero-order valence-corrected chi connectivity index (χ0v) is 8.31. The maximum absolute atomic E-state index is 13.5. The fraction of sp³-hybridized carbons (Fsp3) is 0.364. The van der Waals surface area contributed by atoms with E-state index in [4.69, 9.17) is 0 Å². The molecular weight excluding hydrogens is 200 g/mol. The molecule has 1 N–H and O–H groups in total. The van der Waals surface area contributed by atoms with Crippen LogP contribution in [0, 0.1) is 11.6 Å². The van der Waals surface area contributed by atoms with Crippen molar-refractivity contribution in [3.05, 3.63) is 35.4 Å². The Labute approximate surface area is 86.3 Å². The van der Waals surface area contributed by atoms with E-state index < -0.39 is 17.0 Å². The van der Waals surface area contributed by atoms with Gasteiger partial charge in [-0.25, -0.2) is 8.78 Å². The first kappa shape index (κ1) is 10.1. The molecule has 0 saturated carbocycles. The molecule has 1 unspecified atom stereocenters. The fourth-order valence-corrected chi connectivity index (χ4v) is 1.92. The molecule has 0 spiro atoms. The van der Waals surface area contributed by atoms with Gasteiger partial charge in [0.2, 0.25) is 5.91 Å². The number of amides is 1. The number of carbonyl (C=O) groups is 1. The van der Waals surface area contributed by atoms with Crippen molar-refractivity contribution in [3.8, 4) is 0 Å². The number of carbonyl (C=O) groups excluding carboxylic acids is 1. The largest absolute Gasteiger partial charge is 0.355 e. The lowest BCUT2D eigenvalue weighted by Crippen LogP contribution is -2.26. The average Bonchev–Trinajstić information content (AvgIpc) is 2.52. The van der Waals surface area contributed by atoms with E-state index in [0.717, 1.165) is 18.2 Å². The Morgan fingerprint density at radius 3 is 2.73 bits per heavy atom. The molecule has 1 aromatic rings. The third kappa shape index (κ3) is 1.71. The van der Waals surface area contributed by atoms with E-state index in [2.05, 4.69) is 5.32 Å². The van der Waals surface area contributed by atoms with Crippen LogP contribution in [-0.4, -0.2) is 12.5 Å². The summed E-state index contributed by atoms with van der Waals surface area (Å²) < 4.78 is 26.5. The second-order valence-corrected chi connectivity index (χ2v) is 4.14. The molecule has 1 heterocycles. The minimum absolute atomic E-state index is 0.124. The second kappa shape index (κ2) is 3.29. The average molecular weight is 211 g/mol. The smallest absolute Gasteiger partial charge is 0.220 e. The van der Waals surface area contributed by atoms with Gasteiger partial charge in [0.1, 0.15) is 11.6 Å². The second-order valence-electron chi connectivity index (χ2n) is 4.14. The summed E-state index contributed by atoms with van der Waals surface area (Å²) in [7, 11) is 0. The lowest BCUT2D eigenvalue weighted by atomic mass is 9.81. The third-order valence-corrected chi connectivity index (χ3v) is 2.81. The van der Waals surface area contributed by atoms with Crippen LogP contribution in [0.2, 0.25) is 0 Å². The third-order valence-electron chi connectivity index (χ3n) is 2.81. The highest BCUT2D eigenvalue weighted by molar-refractivity contribution is 5.80. The molecule has 1 aliphatic rings. The number of benzene rings is 1. The molecule has 1 atom stereocenters. The maximum Gasteiger partial charge on any atom is 0.220 e. The molecule has 0 aliphatic carbocycles. The molecular formula is C11H11F2NO. The predicted molar refractivity (Wildman–Crippen MR) is 51.3 cm³/mol. The summed E-state index contributed by atoms with van der Waals surface area (Å²) in [6.45, 7) is 2.11. The van der Waals surface area contributed by atoms with E-state index in [0.29, 0.717) is 6.54 Å². The molecule has 80 valence electrons. The Morgan fingerprint density at radius 1 is 1.40 bits per heavy atom. The first-order valence-electron chi connectivity index (χ1n) is 4.73. The van der Waals surface area contributed by atoms with Crippen LogP contribution in [0.15, 0.2) is 18.2 Å². The molecule has 4 heteroatoms. The molecule has 1 saturated heterocycles. The summed E-state index contributed by atoms with van der Waals surface area (Å²) in [6, 6.07) is 3.33. The molecule has 0 bridgehead atoms. The highest BCUT2D eigenvalue weighted by Gasteiger charge is 2.37. The minimum Gasteiger partial charge on any atom is -0.355 e. The van der Waals surface area contributed by atoms with E-state index in [9.17, 15) is 13.6 Å². The van der Waals surface area contributed by atoms with Crippen LogP contribution in [0.3, 0.4) is 0 Å². The number of hydrogen-bond donors (Lipinski definition) is 1. The van der Waals surface area contributed by atoms with Crippen LogP contribution >= 0.6 is 0 Å². The van der Waals surface area contributed by atoms with Crippen LogP contribution < -0.4 is 5.32 Å². The molecule has 0 radical (unpaired) electrons. The maximum atomic E-state index is 13.5. The topological polar surface area (TPSA) is 29.1 Å². The highest BCUT2D eigenvalue weighted by Crippen LogP contribution is 2.32. The van der Waals surface area contributed by atoms with Crippen LogP contribution in [0.1, 0.15) is 18.9 Å². The minimum atomic E-state index is -0.636. The van der Waals surface area contributed by atoms with Crippen molar-refractivity contribution < 1.29 is 13.6 Å². The quantitative estimate of drug-likeness (QED) is 0.753. The molecule has 1 amide bonds. The first-order chi connectivity index (χ1) is 7.01. The Morgan fingerprint density at radius 2 is 2.13 bits per heavy atom. The monoisotopic (exact) mass is 211 g/mol. The Balaban J connectivity index is 2.44. The van der Waals surface area contributed by atoms with Crippen molar-refractivity contribution in [1.29, 1.82) is 0 Å². The number of hydrogen-bond acceptors (Lipinski definition) is 1. The van der Waals surface area contributed by atoms with Crippen molar-refractivity contribution >= 4 is 5.91 Å². The summed E-state index contributed by atoms with van der Waals surface area (Å²) in [5, 5.41) is 2.63. The first-order valence-corrected chi connectivity index (χ1v) is 4.73. The van der Waals surface area contributed by atoms with Gasteiger partial charge in [0, 0.05) is 18.4 Å². The highest BCUT2D eigenvalue weighted by atomic mass is 19.1. The van der Waals surface area contributed by atoms with E-state index in [1.54, 1.807) is 6.92 Å². The summed E-state index contributed by atoms with van der Waals surface area (Å²) in [6.07, 6.45) is 0.202. The van der Waals surface area contributed by atoms with Crippen LogP contribution in [0.4, 0.5) is 8.78 Å². The zero-order chi connectivity index (χ0) is 11.1. The SMILES string of the molecule is CC1(c2cc(F)ccc2F)CNC(=O)C1. The van der Waals surface area contributed by atoms with Crippen molar-refractivity contribution in [2.24, 2.45) is 0 Å². The molecule has 2 nitrogen and oxygen atoms in total. The van der Waals surface area contributed by atoms with Crippen molar-refractivity contribution in [1.82, 2.24) is 5.32 Å². The molecule has 0 aromatic heterocycles. The Hall–Kier alpha value is -1.45. The van der Waals surface area contributed by atoms with Crippen LogP contribution in [0.25, 0.3) is 0 Å². The van der Waals surface area contributed by atoms with Gasteiger partial charge in [0.15, 0.2) is 0 Å². The van der Waals surface area contributed by atoms with Gasteiger partial charge in [0.05, 0.1) is 0 Å². The molecule has 1 fully saturated rings. The van der Waals surface area contributed by atoms with Gasteiger partial charge in [-0.1, -0.05) is 6.92 Å². The van der Waals surface area contributed by atoms with Gasteiger partial charge in [-0.3, -0.25) is 4.79 Å². The fourth-order valence-electron chi connectivity index (χ4n) is 1.92. The lowest BCUT2D eigenvalue weighted by Gasteiger charge is -2.22. The van der Waals surface area contributed by atoms with E-state index >= 15 is 0 Å². The van der Waals surface area contributed by atoms with Gasteiger partial charge >= 0.3 is 0 Å². The van der Waals surface area contributed by atoms with Gasteiger partial charge < -0.3 is 5.32 Å². The summed E-state index contributed by atoms with van der Waals surface area (Å²) in [4.78, 5) is 11.1. The summed E-state index contributed by atoms with van der Waals surface area (Å²) in [5.74, 6) is -1.07. The van der Waals surface area contributed by atoms with Gasteiger partial charge in [-0.05, 0) is 23.8 Å². The van der Waals surface area contributed by atoms with E-state index in [1.807, 2.05) is 0 Å². The lowest BCUT2D eigenvalue weighted by molar-refractivity contribution is -0.119. The standard InChI is InChI=1S/C11H11F2NO/c1-11(5-10(15)14-6-11)8-4-7(12)2-3-9(8)13/h2-4H,5-6H2,1H3,(H,14,15). The van der Waals surface area contributed by atoms with E-state index in [1.165, 1.54) is 0 Å². The van der Waals surface area contributed by atoms with E-state index in [-0.39, 0.29) is 17.9 Å². The normalized spacial score (nSPS) is 25.4. The summed E-state index contributed by atoms with van der Waals surface area (Å²) >= 11 is 0.